The highest BCUT2D eigenvalue weighted by molar-refractivity contribution is 7.17. The van der Waals surface area contributed by atoms with Crippen molar-refractivity contribution in [2.75, 3.05) is 18.4 Å². The van der Waals surface area contributed by atoms with E-state index in [4.69, 9.17) is 0 Å². The molecule has 136 valence electrons. The number of rotatable bonds is 5. The molecule has 0 spiro atoms. The van der Waals surface area contributed by atoms with Gasteiger partial charge in [-0.3, -0.25) is 4.90 Å². The quantitative estimate of drug-likeness (QED) is 0.637. The zero-order chi connectivity index (χ0) is 18.1. The van der Waals surface area contributed by atoms with E-state index in [9.17, 15) is 14.6 Å². The van der Waals surface area contributed by atoms with Gasteiger partial charge in [0, 0.05) is 19.6 Å². The van der Waals surface area contributed by atoms with E-state index < -0.39 is 12.3 Å². The van der Waals surface area contributed by atoms with Gasteiger partial charge in [-0.15, -0.1) is 11.3 Å². The molecule has 4 rings (SSSR count). The molecule has 0 saturated carbocycles. The topological polar surface area (TPSA) is 81.5 Å². The molecule has 8 heteroatoms. The van der Waals surface area contributed by atoms with Crippen LogP contribution < -0.4 is 5.32 Å². The largest absolute Gasteiger partial charge is 0.392 e. The van der Waals surface area contributed by atoms with Gasteiger partial charge in [0.15, 0.2) is 6.23 Å². The molecule has 0 radical (unpaired) electrons. The Labute approximate surface area is 153 Å². The number of benzene rings is 1. The number of aliphatic hydroxyl groups excluding tert-OH is 2. The van der Waals surface area contributed by atoms with Gasteiger partial charge >= 0.3 is 0 Å². The highest BCUT2D eigenvalue weighted by atomic mass is 32.1. The first kappa shape index (κ1) is 17.3. The van der Waals surface area contributed by atoms with Gasteiger partial charge in [-0.2, -0.15) is 0 Å². The number of aliphatic hydroxyl groups is 2. The number of thiophene rings is 1. The van der Waals surface area contributed by atoms with E-state index in [-0.39, 0.29) is 5.82 Å². The molecule has 0 aliphatic carbocycles. The molecule has 3 heterocycles. The van der Waals surface area contributed by atoms with Crippen molar-refractivity contribution in [2.45, 2.75) is 25.3 Å². The Balaban J connectivity index is 1.60. The maximum absolute atomic E-state index is 13.3. The van der Waals surface area contributed by atoms with Crippen molar-refractivity contribution in [3.63, 3.8) is 0 Å². The third kappa shape index (κ3) is 3.54. The molecule has 2 atom stereocenters. The zero-order valence-electron chi connectivity index (χ0n) is 14.0. The molecule has 26 heavy (non-hydrogen) atoms. The van der Waals surface area contributed by atoms with Crippen molar-refractivity contribution in [1.82, 2.24) is 14.9 Å². The number of β-amino-alcohol motifs (C(OH)–C–C–N with tert-alkyl or cyclic N) is 1. The molecule has 3 N–H and O–H groups in total. The predicted octanol–water partition coefficient (Wildman–Crippen LogP) is 2.50. The number of hydrogen-bond acceptors (Lipinski definition) is 7. The molecule has 1 aliphatic heterocycles. The standard InChI is InChI=1S/C18H19FN4O2S/c19-12-3-1-2-11(8-12)9-20-18-21-14-5-7-26-16(14)15(22-18)17(25)23-6-4-13(24)10-23/h1-3,5,7-8,13,17,24-25H,4,6,9-10H2,(H,20,21,22)/t13-,17?/m1/s1. The summed E-state index contributed by atoms with van der Waals surface area (Å²) in [5.41, 5.74) is 2.06. The Hall–Kier alpha value is -2.13. The average molecular weight is 374 g/mol. The van der Waals surface area contributed by atoms with Crippen molar-refractivity contribution < 1.29 is 14.6 Å². The molecule has 0 bridgehead atoms. The first-order valence-corrected chi connectivity index (χ1v) is 9.32. The summed E-state index contributed by atoms with van der Waals surface area (Å²) >= 11 is 1.48. The van der Waals surface area contributed by atoms with Crippen LogP contribution in [0.25, 0.3) is 10.2 Å². The van der Waals surface area contributed by atoms with Crippen molar-refractivity contribution in [3.05, 3.63) is 52.8 Å². The highest BCUT2D eigenvalue weighted by Crippen LogP contribution is 2.31. The average Bonchev–Trinajstić information content (AvgIpc) is 3.27. The first-order chi connectivity index (χ1) is 12.6. The maximum Gasteiger partial charge on any atom is 0.223 e. The van der Waals surface area contributed by atoms with E-state index in [1.807, 2.05) is 22.4 Å². The highest BCUT2D eigenvalue weighted by Gasteiger charge is 2.29. The fourth-order valence-corrected chi connectivity index (χ4v) is 3.97. The van der Waals surface area contributed by atoms with Crippen LogP contribution in [0, 0.1) is 5.82 Å². The number of halogens is 1. The number of nitrogens with zero attached hydrogens (tertiary/aromatic N) is 3. The van der Waals surface area contributed by atoms with Crippen LogP contribution in [0.3, 0.4) is 0 Å². The lowest BCUT2D eigenvalue weighted by Gasteiger charge is -2.22. The molecule has 1 aromatic carbocycles. The first-order valence-electron chi connectivity index (χ1n) is 8.44. The second-order valence-electron chi connectivity index (χ2n) is 6.36. The number of fused-ring (bicyclic) bond motifs is 1. The number of aromatic nitrogens is 2. The summed E-state index contributed by atoms with van der Waals surface area (Å²) in [5, 5.41) is 25.5. The van der Waals surface area contributed by atoms with Crippen LogP contribution in [0.2, 0.25) is 0 Å². The van der Waals surface area contributed by atoms with Gasteiger partial charge in [0.2, 0.25) is 5.95 Å². The summed E-state index contributed by atoms with van der Waals surface area (Å²) in [7, 11) is 0. The number of likely N-dealkylation sites (tertiary alicyclic amines) is 1. The Morgan fingerprint density at radius 1 is 1.35 bits per heavy atom. The van der Waals surface area contributed by atoms with Crippen LogP contribution in [-0.4, -0.2) is 44.3 Å². The smallest absolute Gasteiger partial charge is 0.223 e. The molecule has 1 fully saturated rings. The second kappa shape index (κ2) is 7.24. The lowest BCUT2D eigenvalue weighted by atomic mass is 10.2. The van der Waals surface area contributed by atoms with Crippen molar-refractivity contribution in [2.24, 2.45) is 0 Å². The fraction of sp³-hybridized carbons (Fsp3) is 0.333. The van der Waals surface area contributed by atoms with Crippen LogP contribution in [0.5, 0.6) is 0 Å². The number of nitrogens with one attached hydrogen (secondary N) is 1. The SMILES string of the molecule is OC(c1nc(NCc2cccc(F)c2)nc2ccsc12)N1CC[C@@H](O)C1. The van der Waals surface area contributed by atoms with E-state index in [1.54, 1.807) is 6.07 Å². The maximum atomic E-state index is 13.3. The molecule has 1 unspecified atom stereocenters. The van der Waals surface area contributed by atoms with E-state index in [2.05, 4.69) is 15.3 Å². The van der Waals surface area contributed by atoms with E-state index in [0.29, 0.717) is 37.7 Å². The van der Waals surface area contributed by atoms with Gasteiger partial charge in [0.1, 0.15) is 11.5 Å². The molecular formula is C18H19FN4O2S. The van der Waals surface area contributed by atoms with Gasteiger partial charge in [-0.1, -0.05) is 12.1 Å². The molecule has 1 aliphatic rings. The Morgan fingerprint density at radius 3 is 3.00 bits per heavy atom. The summed E-state index contributed by atoms with van der Waals surface area (Å²) in [6, 6.07) is 8.21. The summed E-state index contributed by atoms with van der Waals surface area (Å²) in [5.74, 6) is 0.0937. The number of anilines is 1. The van der Waals surface area contributed by atoms with Gasteiger partial charge in [-0.25, -0.2) is 14.4 Å². The van der Waals surface area contributed by atoms with Gasteiger partial charge in [0.25, 0.3) is 0 Å². The minimum Gasteiger partial charge on any atom is -0.392 e. The Bertz CT molecular complexity index is 919. The van der Waals surface area contributed by atoms with Gasteiger partial charge < -0.3 is 15.5 Å². The molecule has 6 nitrogen and oxygen atoms in total. The zero-order valence-corrected chi connectivity index (χ0v) is 14.8. The van der Waals surface area contributed by atoms with Gasteiger partial charge in [-0.05, 0) is 35.6 Å². The van der Waals surface area contributed by atoms with Gasteiger partial charge in [0.05, 0.1) is 16.3 Å². The lowest BCUT2D eigenvalue weighted by molar-refractivity contribution is 0.00845. The van der Waals surface area contributed by atoms with Crippen LogP contribution >= 0.6 is 11.3 Å². The van der Waals surface area contributed by atoms with Crippen molar-refractivity contribution >= 4 is 27.5 Å². The molecule has 0 amide bonds. The summed E-state index contributed by atoms with van der Waals surface area (Å²) < 4.78 is 14.1. The van der Waals surface area contributed by atoms with Crippen molar-refractivity contribution in [1.29, 1.82) is 0 Å². The van der Waals surface area contributed by atoms with Crippen molar-refractivity contribution in [3.8, 4) is 0 Å². The minimum atomic E-state index is -0.897. The fourth-order valence-electron chi connectivity index (χ4n) is 3.13. The van der Waals surface area contributed by atoms with Crippen LogP contribution in [0.4, 0.5) is 10.3 Å². The monoisotopic (exact) mass is 374 g/mol. The summed E-state index contributed by atoms with van der Waals surface area (Å²) in [6.45, 7) is 1.42. The summed E-state index contributed by atoms with van der Waals surface area (Å²) in [6.07, 6.45) is -0.678. The van der Waals surface area contributed by atoms with Crippen LogP contribution in [-0.2, 0) is 6.54 Å². The number of hydrogen-bond donors (Lipinski definition) is 3. The lowest BCUT2D eigenvalue weighted by Crippen LogP contribution is -2.28. The molecular weight excluding hydrogens is 355 g/mol. The minimum absolute atomic E-state index is 0.290. The normalized spacial score (nSPS) is 19.1. The molecule has 3 aromatic rings. The summed E-state index contributed by atoms with van der Waals surface area (Å²) in [4.78, 5) is 10.8. The second-order valence-corrected chi connectivity index (χ2v) is 7.28. The third-order valence-electron chi connectivity index (χ3n) is 4.45. The molecule has 2 aromatic heterocycles. The Kier molecular flexibility index (Phi) is 4.82. The predicted molar refractivity (Wildman–Crippen MR) is 98.3 cm³/mol. The van der Waals surface area contributed by atoms with E-state index in [0.717, 1.165) is 15.8 Å². The van der Waals surface area contributed by atoms with E-state index in [1.165, 1.54) is 23.5 Å². The van der Waals surface area contributed by atoms with E-state index >= 15 is 0 Å². The Morgan fingerprint density at radius 2 is 2.23 bits per heavy atom. The third-order valence-corrected chi connectivity index (χ3v) is 5.38. The molecule has 1 saturated heterocycles. The van der Waals surface area contributed by atoms with Crippen LogP contribution in [0.15, 0.2) is 35.7 Å². The van der Waals surface area contributed by atoms with Crippen LogP contribution in [0.1, 0.15) is 23.9 Å².